The van der Waals surface area contributed by atoms with Crippen LogP contribution < -0.4 is 38.9 Å². The Balaban J connectivity index is 3.00. The van der Waals surface area contributed by atoms with E-state index >= 15 is 0 Å². The summed E-state index contributed by atoms with van der Waals surface area (Å²) in [6.45, 7) is 3.86. The highest BCUT2D eigenvalue weighted by atomic mass is 16.4. The van der Waals surface area contributed by atoms with E-state index in [-0.39, 0.29) is 44.1 Å². The van der Waals surface area contributed by atoms with E-state index in [1.165, 1.54) is 0 Å². The maximum absolute atomic E-state index is 13.3. The molecule has 0 fully saturated rings. The molecule has 1 aromatic carbocycles. The molecule has 12 N–H and O–H groups in total. The van der Waals surface area contributed by atoms with E-state index in [2.05, 4.69) is 20.9 Å². The van der Waals surface area contributed by atoms with Gasteiger partial charge in [-0.15, -0.1) is 0 Å². The number of carbonyl (C=O) groups is 5. The molecule has 1 aromatic rings. The van der Waals surface area contributed by atoms with Gasteiger partial charge in [-0.2, -0.15) is 0 Å². The van der Waals surface area contributed by atoms with E-state index in [0.29, 0.717) is 18.4 Å². The number of rotatable bonds is 18. The Bertz CT molecular complexity index is 1030. The third-order valence-corrected chi connectivity index (χ3v) is 6.31. The average Bonchev–Trinajstić information content (AvgIpc) is 2.90. The summed E-state index contributed by atoms with van der Waals surface area (Å²) in [4.78, 5) is 66.2. The zero-order valence-corrected chi connectivity index (χ0v) is 23.0. The number of benzene rings is 1. The van der Waals surface area contributed by atoms with Crippen LogP contribution in [0.4, 0.5) is 0 Å². The van der Waals surface area contributed by atoms with Crippen LogP contribution in [0.3, 0.4) is 0 Å². The lowest BCUT2D eigenvalue weighted by Gasteiger charge is -2.28. The van der Waals surface area contributed by atoms with Gasteiger partial charge in [0.15, 0.2) is 5.96 Å². The molecule has 0 aliphatic heterocycles. The number of aliphatic carboxylic acids is 1. The first-order valence-electron chi connectivity index (χ1n) is 13.1. The molecule has 0 saturated carbocycles. The maximum atomic E-state index is 13.3. The van der Waals surface area contributed by atoms with E-state index in [1.54, 1.807) is 37.3 Å². The quantitative estimate of drug-likeness (QED) is 0.0585. The van der Waals surface area contributed by atoms with Gasteiger partial charge in [0.05, 0.1) is 6.04 Å². The molecule has 5 atom stereocenters. The van der Waals surface area contributed by atoms with E-state index in [4.69, 9.17) is 22.9 Å². The second-order valence-corrected chi connectivity index (χ2v) is 9.58. The van der Waals surface area contributed by atoms with Gasteiger partial charge in [0.1, 0.15) is 18.1 Å². The Kier molecular flexibility index (Phi) is 14.7. The summed E-state index contributed by atoms with van der Waals surface area (Å²) in [7, 11) is 0. The summed E-state index contributed by atoms with van der Waals surface area (Å²) in [5.74, 6) is -4.45. The molecule has 0 bridgehead atoms. The number of amides is 4. The van der Waals surface area contributed by atoms with Crippen LogP contribution in [0.15, 0.2) is 35.3 Å². The number of hydrogen-bond acceptors (Lipinski definition) is 7. The molecular formula is C26H42N8O6. The van der Waals surface area contributed by atoms with E-state index in [1.807, 2.05) is 6.92 Å². The topological polar surface area (TPSA) is 258 Å². The van der Waals surface area contributed by atoms with E-state index in [0.717, 1.165) is 0 Å². The van der Waals surface area contributed by atoms with Gasteiger partial charge >= 0.3 is 5.97 Å². The Morgan fingerprint density at radius 1 is 0.900 bits per heavy atom. The van der Waals surface area contributed by atoms with Gasteiger partial charge in [-0.25, -0.2) is 4.79 Å². The van der Waals surface area contributed by atoms with Crippen molar-refractivity contribution < 1.29 is 29.1 Å². The molecule has 4 amide bonds. The lowest BCUT2D eigenvalue weighted by atomic mass is 9.96. The van der Waals surface area contributed by atoms with Crippen molar-refractivity contribution in [3.05, 3.63) is 35.9 Å². The van der Waals surface area contributed by atoms with Crippen molar-refractivity contribution in [2.75, 3.05) is 6.54 Å². The van der Waals surface area contributed by atoms with Gasteiger partial charge in [-0.05, 0) is 30.7 Å². The zero-order valence-electron chi connectivity index (χ0n) is 23.0. The highest BCUT2D eigenvalue weighted by Gasteiger charge is 2.32. The Hall–Kier alpha value is -4.20. The number of nitrogens with one attached hydrogen (secondary N) is 3. The third-order valence-electron chi connectivity index (χ3n) is 6.31. The number of carboxylic acids is 1. The maximum Gasteiger partial charge on any atom is 0.326 e. The number of guanidine groups is 1. The molecule has 5 unspecified atom stereocenters. The molecule has 1 rings (SSSR count). The fraction of sp³-hybridized carbons (Fsp3) is 0.538. The normalized spacial score (nSPS) is 14.5. The monoisotopic (exact) mass is 562 g/mol. The second-order valence-electron chi connectivity index (χ2n) is 9.58. The van der Waals surface area contributed by atoms with Crippen LogP contribution in [-0.2, 0) is 30.4 Å². The zero-order chi connectivity index (χ0) is 30.2. The minimum absolute atomic E-state index is 0.00498. The molecule has 0 aromatic heterocycles. The second kappa shape index (κ2) is 17.4. The molecule has 14 heteroatoms. The lowest BCUT2D eigenvalue weighted by Crippen LogP contribution is -2.58. The van der Waals surface area contributed by atoms with Crippen LogP contribution in [0.2, 0.25) is 0 Å². The first-order valence-corrected chi connectivity index (χ1v) is 13.1. The largest absolute Gasteiger partial charge is 0.480 e. The van der Waals surface area contributed by atoms with Gasteiger partial charge in [-0.3, -0.25) is 24.2 Å². The Morgan fingerprint density at radius 3 is 2.08 bits per heavy atom. The number of aliphatic imine (C=N–C) groups is 1. The third kappa shape index (κ3) is 12.6. The van der Waals surface area contributed by atoms with Gasteiger partial charge in [0, 0.05) is 19.4 Å². The van der Waals surface area contributed by atoms with Crippen LogP contribution in [-0.4, -0.2) is 71.4 Å². The Labute approximate surface area is 233 Å². The summed E-state index contributed by atoms with van der Waals surface area (Å²) < 4.78 is 0. The molecule has 0 saturated heterocycles. The Morgan fingerprint density at radius 2 is 1.52 bits per heavy atom. The average molecular weight is 563 g/mol. The molecule has 0 radical (unpaired) electrons. The lowest BCUT2D eigenvalue weighted by molar-refractivity contribution is -0.142. The summed E-state index contributed by atoms with van der Waals surface area (Å²) in [5.41, 5.74) is 22.5. The van der Waals surface area contributed by atoms with Gasteiger partial charge < -0.3 is 44.0 Å². The van der Waals surface area contributed by atoms with Crippen LogP contribution >= 0.6 is 0 Å². The SMILES string of the molecule is CCC(C)C(NC(=O)C(N)CCCN=C(N)N)C(=O)NC(CCC(N)=O)C(=O)NC(Cc1ccccc1)C(=O)O. The van der Waals surface area contributed by atoms with Gasteiger partial charge in [-0.1, -0.05) is 50.6 Å². The van der Waals surface area contributed by atoms with Crippen molar-refractivity contribution in [2.45, 2.75) is 76.5 Å². The van der Waals surface area contributed by atoms with Crippen molar-refractivity contribution in [1.82, 2.24) is 16.0 Å². The standard InChI is InChI=1S/C26H42N8O6/c1-3-15(2)21(34-22(36)17(27)10-7-13-31-26(29)30)24(38)32-18(11-12-20(28)35)23(37)33-19(25(39)40)14-16-8-5-4-6-9-16/h4-6,8-9,15,17-19,21H,3,7,10-14,27H2,1-2H3,(H2,28,35)(H,32,38)(H,33,37)(H,34,36)(H,39,40)(H4,29,30,31). The first-order chi connectivity index (χ1) is 18.8. The summed E-state index contributed by atoms with van der Waals surface area (Å²) in [6.07, 6.45) is 0.806. The number of nitrogens with zero attached hydrogens (tertiary/aromatic N) is 1. The highest BCUT2D eigenvalue weighted by molar-refractivity contribution is 5.94. The number of hydrogen-bond donors (Lipinski definition) is 8. The molecule has 0 aliphatic rings. The van der Waals surface area contributed by atoms with E-state index in [9.17, 15) is 29.1 Å². The van der Waals surface area contributed by atoms with Gasteiger partial charge in [0.2, 0.25) is 23.6 Å². The fourth-order valence-corrected chi connectivity index (χ4v) is 3.75. The molecule has 0 heterocycles. The summed E-state index contributed by atoms with van der Waals surface area (Å²) in [5, 5.41) is 17.3. The number of nitrogens with two attached hydrogens (primary N) is 4. The van der Waals surface area contributed by atoms with Gasteiger partial charge in [0.25, 0.3) is 0 Å². The van der Waals surface area contributed by atoms with Crippen molar-refractivity contribution in [1.29, 1.82) is 0 Å². The smallest absolute Gasteiger partial charge is 0.326 e. The molecule has 222 valence electrons. The van der Waals surface area contributed by atoms with Crippen molar-refractivity contribution in [3.63, 3.8) is 0 Å². The molecule has 14 nitrogen and oxygen atoms in total. The predicted molar refractivity (Wildman–Crippen MR) is 149 cm³/mol. The fourth-order valence-electron chi connectivity index (χ4n) is 3.75. The van der Waals surface area contributed by atoms with Crippen LogP contribution in [0.25, 0.3) is 0 Å². The highest BCUT2D eigenvalue weighted by Crippen LogP contribution is 2.11. The van der Waals surface area contributed by atoms with Crippen LogP contribution in [0.5, 0.6) is 0 Å². The number of primary amides is 1. The molecule has 0 aliphatic carbocycles. The van der Waals surface area contributed by atoms with Crippen molar-refractivity contribution >= 4 is 35.6 Å². The van der Waals surface area contributed by atoms with Crippen molar-refractivity contribution in [2.24, 2.45) is 33.8 Å². The van der Waals surface area contributed by atoms with Crippen LogP contribution in [0.1, 0.15) is 51.5 Å². The molecular weight excluding hydrogens is 520 g/mol. The predicted octanol–water partition coefficient (Wildman–Crippen LogP) is -1.54. The first kappa shape index (κ1) is 33.8. The van der Waals surface area contributed by atoms with E-state index < -0.39 is 53.8 Å². The summed E-state index contributed by atoms with van der Waals surface area (Å²) >= 11 is 0. The minimum atomic E-state index is -1.29. The molecule has 0 spiro atoms. The summed E-state index contributed by atoms with van der Waals surface area (Å²) in [6, 6.07) is 4.15. The van der Waals surface area contributed by atoms with Crippen molar-refractivity contribution in [3.8, 4) is 0 Å². The molecule has 40 heavy (non-hydrogen) atoms. The number of carbonyl (C=O) groups excluding carboxylic acids is 4. The minimum Gasteiger partial charge on any atom is -0.480 e. The number of carboxylic acid groups (broad SMARTS) is 1. The van der Waals surface area contributed by atoms with Crippen LogP contribution in [0, 0.1) is 5.92 Å².